The molecule has 1 N–H and O–H groups in total. The average molecular weight is 514 g/mol. The van der Waals surface area contributed by atoms with E-state index in [1.165, 1.54) is 4.90 Å². The zero-order valence-electron chi connectivity index (χ0n) is 22.8. The third-order valence-electron chi connectivity index (χ3n) is 6.46. The molecule has 0 radical (unpaired) electrons. The Balaban J connectivity index is 1.84. The van der Waals surface area contributed by atoms with Crippen molar-refractivity contribution < 1.29 is 24.2 Å². The largest absolute Gasteiger partial charge is 0.507 e. The normalized spacial score (nSPS) is 17.2. The minimum atomic E-state index is -0.798. The Morgan fingerprint density at radius 3 is 2.00 bits per heavy atom. The Hall–Kier alpha value is -4.06. The summed E-state index contributed by atoms with van der Waals surface area (Å²) in [5, 5.41) is 11.4. The molecule has 0 saturated carbocycles. The lowest BCUT2D eigenvalue weighted by atomic mass is 9.85. The van der Waals surface area contributed by atoms with Gasteiger partial charge in [0, 0.05) is 11.3 Å². The molecule has 1 amide bonds. The number of Topliss-reactive ketones (excluding diaryl/α,β-unsaturated/α-hetero) is 1. The van der Waals surface area contributed by atoms with Gasteiger partial charge in [-0.25, -0.2) is 0 Å². The molecular weight excluding hydrogens is 478 g/mol. The van der Waals surface area contributed by atoms with Crippen molar-refractivity contribution in [3.05, 3.63) is 95.1 Å². The number of ketones is 1. The minimum Gasteiger partial charge on any atom is -0.507 e. The van der Waals surface area contributed by atoms with Gasteiger partial charge in [-0.3, -0.25) is 14.5 Å². The SMILES string of the molecule is CCOc1ccc(N2C(=O)C(=O)/C(=C(\O)c3ccc(OC(C)C)cc3)C2c2ccc(C(C)(C)C)cc2)cc1. The van der Waals surface area contributed by atoms with Crippen LogP contribution in [0, 0.1) is 0 Å². The van der Waals surface area contributed by atoms with E-state index in [1.807, 2.05) is 45.0 Å². The quantitative estimate of drug-likeness (QED) is 0.214. The van der Waals surface area contributed by atoms with E-state index in [0.29, 0.717) is 29.4 Å². The summed E-state index contributed by atoms with van der Waals surface area (Å²) >= 11 is 0. The predicted octanol–water partition coefficient (Wildman–Crippen LogP) is 6.80. The number of carbonyl (C=O) groups is 2. The van der Waals surface area contributed by atoms with Gasteiger partial charge in [0.05, 0.1) is 24.3 Å². The molecule has 6 nitrogen and oxygen atoms in total. The van der Waals surface area contributed by atoms with Crippen molar-refractivity contribution in [1.82, 2.24) is 0 Å². The highest BCUT2D eigenvalue weighted by Gasteiger charge is 2.47. The van der Waals surface area contributed by atoms with Gasteiger partial charge in [0.2, 0.25) is 0 Å². The van der Waals surface area contributed by atoms with Crippen molar-refractivity contribution in [2.45, 2.75) is 59.1 Å². The van der Waals surface area contributed by atoms with E-state index in [4.69, 9.17) is 9.47 Å². The zero-order chi connectivity index (χ0) is 27.6. The maximum absolute atomic E-state index is 13.4. The maximum Gasteiger partial charge on any atom is 0.300 e. The third kappa shape index (κ3) is 5.44. The minimum absolute atomic E-state index is 0.00459. The van der Waals surface area contributed by atoms with Gasteiger partial charge in [-0.15, -0.1) is 0 Å². The molecule has 1 saturated heterocycles. The molecule has 1 heterocycles. The fourth-order valence-corrected chi connectivity index (χ4v) is 4.57. The first-order valence-electron chi connectivity index (χ1n) is 12.9. The van der Waals surface area contributed by atoms with Crippen LogP contribution in [0.2, 0.25) is 0 Å². The molecule has 1 unspecified atom stereocenters. The number of aliphatic hydroxyl groups is 1. The number of hydrogen-bond donors (Lipinski definition) is 1. The first kappa shape index (κ1) is 27.0. The van der Waals surface area contributed by atoms with Crippen molar-refractivity contribution in [3.63, 3.8) is 0 Å². The van der Waals surface area contributed by atoms with Crippen LogP contribution in [-0.4, -0.2) is 29.5 Å². The van der Waals surface area contributed by atoms with Crippen LogP contribution < -0.4 is 14.4 Å². The second-order valence-corrected chi connectivity index (χ2v) is 10.7. The van der Waals surface area contributed by atoms with Gasteiger partial charge in [0.15, 0.2) is 0 Å². The molecule has 0 aromatic heterocycles. The molecule has 4 rings (SSSR count). The number of carbonyl (C=O) groups excluding carboxylic acids is 2. The van der Waals surface area contributed by atoms with Crippen LogP contribution in [-0.2, 0) is 15.0 Å². The molecule has 6 heteroatoms. The van der Waals surface area contributed by atoms with Gasteiger partial charge in [0.1, 0.15) is 17.3 Å². The predicted molar refractivity (Wildman–Crippen MR) is 150 cm³/mol. The van der Waals surface area contributed by atoms with Gasteiger partial charge >= 0.3 is 0 Å². The van der Waals surface area contributed by atoms with Gasteiger partial charge in [0.25, 0.3) is 11.7 Å². The lowest BCUT2D eigenvalue weighted by Gasteiger charge is -2.26. The molecule has 0 aliphatic carbocycles. The lowest BCUT2D eigenvalue weighted by molar-refractivity contribution is -0.132. The summed E-state index contributed by atoms with van der Waals surface area (Å²) in [5.41, 5.74) is 2.81. The highest BCUT2D eigenvalue weighted by atomic mass is 16.5. The first-order chi connectivity index (χ1) is 18.0. The van der Waals surface area contributed by atoms with Crippen LogP contribution in [0.25, 0.3) is 5.76 Å². The summed E-state index contributed by atoms with van der Waals surface area (Å²) in [6.45, 7) is 12.7. The van der Waals surface area contributed by atoms with Crippen molar-refractivity contribution >= 4 is 23.1 Å². The highest BCUT2D eigenvalue weighted by Crippen LogP contribution is 2.43. The molecule has 3 aromatic rings. The highest BCUT2D eigenvalue weighted by molar-refractivity contribution is 6.51. The Bertz CT molecular complexity index is 1330. The molecule has 3 aromatic carbocycles. The molecule has 1 aliphatic heterocycles. The standard InChI is InChI=1S/C32H35NO5/c1-7-37-25-18-14-24(15-19-25)33-28(21-8-12-23(13-9-21)32(4,5)6)27(30(35)31(33)36)29(34)22-10-16-26(17-11-22)38-20(2)3/h8-20,28,34H,7H2,1-6H3/b29-27-. The molecule has 1 fully saturated rings. The monoisotopic (exact) mass is 513 g/mol. The van der Waals surface area contributed by atoms with E-state index in [9.17, 15) is 14.7 Å². The molecule has 0 bridgehead atoms. The van der Waals surface area contributed by atoms with Crippen LogP contribution >= 0.6 is 0 Å². The van der Waals surface area contributed by atoms with Crippen molar-refractivity contribution in [2.24, 2.45) is 0 Å². The molecular formula is C32H35NO5. The number of ether oxygens (including phenoxy) is 2. The zero-order valence-corrected chi connectivity index (χ0v) is 22.8. The van der Waals surface area contributed by atoms with Crippen LogP contribution in [0.4, 0.5) is 5.69 Å². The van der Waals surface area contributed by atoms with E-state index >= 15 is 0 Å². The molecule has 38 heavy (non-hydrogen) atoms. The number of amides is 1. The van der Waals surface area contributed by atoms with Gasteiger partial charge in [-0.2, -0.15) is 0 Å². The second kappa shape index (κ2) is 10.7. The Labute approximate surface area is 224 Å². The maximum atomic E-state index is 13.4. The summed E-state index contributed by atoms with van der Waals surface area (Å²) in [4.78, 5) is 28.3. The van der Waals surface area contributed by atoms with Crippen molar-refractivity contribution in [2.75, 3.05) is 11.5 Å². The van der Waals surface area contributed by atoms with Gasteiger partial charge in [-0.05, 0) is 85.8 Å². The topological polar surface area (TPSA) is 76.1 Å². The molecule has 1 aliphatic rings. The Morgan fingerprint density at radius 1 is 0.895 bits per heavy atom. The average Bonchev–Trinajstić information content (AvgIpc) is 3.14. The van der Waals surface area contributed by atoms with Crippen LogP contribution in [0.15, 0.2) is 78.4 Å². The summed E-state index contributed by atoms with van der Waals surface area (Å²) in [5.74, 6) is -0.328. The third-order valence-corrected chi connectivity index (χ3v) is 6.46. The Morgan fingerprint density at radius 2 is 1.47 bits per heavy atom. The number of nitrogens with zero attached hydrogens (tertiary/aromatic N) is 1. The second-order valence-electron chi connectivity index (χ2n) is 10.7. The number of anilines is 1. The molecule has 198 valence electrons. The lowest BCUT2D eigenvalue weighted by Crippen LogP contribution is -2.29. The van der Waals surface area contributed by atoms with E-state index in [0.717, 1.165) is 11.1 Å². The van der Waals surface area contributed by atoms with Crippen LogP contribution in [0.5, 0.6) is 11.5 Å². The number of rotatable bonds is 7. The van der Waals surface area contributed by atoms with E-state index in [-0.39, 0.29) is 22.9 Å². The fraction of sp³-hybridized carbons (Fsp3) is 0.312. The summed E-state index contributed by atoms with van der Waals surface area (Å²) in [6.07, 6.45) is 0.00459. The first-order valence-corrected chi connectivity index (χ1v) is 12.9. The number of aliphatic hydroxyl groups excluding tert-OH is 1. The van der Waals surface area contributed by atoms with Crippen LogP contribution in [0.3, 0.4) is 0 Å². The van der Waals surface area contributed by atoms with Gasteiger partial charge in [-0.1, -0.05) is 45.0 Å². The number of hydrogen-bond acceptors (Lipinski definition) is 5. The number of benzene rings is 3. The van der Waals surface area contributed by atoms with E-state index in [1.54, 1.807) is 48.5 Å². The Kier molecular flexibility index (Phi) is 7.63. The van der Waals surface area contributed by atoms with Crippen molar-refractivity contribution in [1.29, 1.82) is 0 Å². The van der Waals surface area contributed by atoms with E-state index in [2.05, 4.69) is 20.8 Å². The summed E-state index contributed by atoms with van der Waals surface area (Å²) in [7, 11) is 0. The fourth-order valence-electron chi connectivity index (χ4n) is 4.57. The molecule has 0 spiro atoms. The van der Waals surface area contributed by atoms with E-state index < -0.39 is 17.7 Å². The molecule has 1 atom stereocenters. The van der Waals surface area contributed by atoms with Crippen molar-refractivity contribution in [3.8, 4) is 11.5 Å². The van der Waals surface area contributed by atoms with Gasteiger partial charge < -0.3 is 14.6 Å². The summed E-state index contributed by atoms with van der Waals surface area (Å²) in [6, 6.07) is 21.0. The summed E-state index contributed by atoms with van der Waals surface area (Å²) < 4.78 is 11.3. The smallest absolute Gasteiger partial charge is 0.300 e. The van der Waals surface area contributed by atoms with Crippen LogP contribution in [0.1, 0.15) is 64.3 Å².